The highest BCUT2D eigenvalue weighted by molar-refractivity contribution is 9.10. The van der Waals surface area contributed by atoms with Gasteiger partial charge in [0.15, 0.2) is 0 Å². The monoisotopic (exact) mass is 372 g/mol. The third-order valence-electron chi connectivity index (χ3n) is 2.65. The molecule has 0 spiro atoms. The van der Waals surface area contributed by atoms with Crippen molar-refractivity contribution in [1.82, 2.24) is 0 Å². The van der Waals surface area contributed by atoms with E-state index in [1.54, 1.807) is 12.1 Å². The third kappa shape index (κ3) is 3.40. The van der Waals surface area contributed by atoms with Crippen molar-refractivity contribution in [3.8, 4) is 0 Å². The summed E-state index contributed by atoms with van der Waals surface area (Å²) < 4.78 is 15.3. The minimum atomic E-state index is -0.716. The van der Waals surface area contributed by atoms with E-state index in [4.69, 9.17) is 0 Å². The van der Waals surface area contributed by atoms with Crippen LogP contribution >= 0.6 is 31.9 Å². The second kappa shape index (κ2) is 5.95. The molecule has 0 saturated carbocycles. The van der Waals surface area contributed by atoms with Crippen molar-refractivity contribution < 1.29 is 9.50 Å². The Morgan fingerprint density at radius 3 is 2.50 bits per heavy atom. The van der Waals surface area contributed by atoms with Crippen molar-refractivity contribution in [1.29, 1.82) is 0 Å². The van der Waals surface area contributed by atoms with E-state index < -0.39 is 6.10 Å². The SMILES string of the molecule is OC(Cc1cc(Br)ccc1F)c1cccc(Br)c1. The predicted molar refractivity (Wildman–Crippen MR) is 76.9 cm³/mol. The molecule has 0 aliphatic heterocycles. The number of rotatable bonds is 3. The number of benzene rings is 2. The molecular weight excluding hydrogens is 363 g/mol. The molecule has 1 unspecified atom stereocenters. The Morgan fingerprint density at radius 1 is 1.06 bits per heavy atom. The zero-order valence-corrected chi connectivity index (χ0v) is 12.6. The molecule has 18 heavy (non-hydrogen) atoms. The number of aliphatic hydroxyl groups excluding tert-OH is 1. The second-order valence-electron chi connectivity index (χ2n) is 4.01. The number of hydrogen-bond acceptors (Lipinski definition) is 1. The lowest BCUT2D eigenvalue weighted by atomic mass is 10.0. The van der Waals surface area contributed by atoms with Crippen LogP contribution in [0.2, 0.25) is 0 Å². The van der Waals surface area contributed by atoms with Crippen molar-refractivity contribution in [2.45, 2.75) is 12.5 Å². The van der Waals surface area contributed by atoms with E-state index in [1.165, 1.54) is 6.07 Å². The molecule has 4 heteroatoms. The second-order valence-corrected chi connectivity index (χ2v) is 5.84. The maximum atomic E-state index is 13.6. The van der Waals surface area contributed by atoms with Crippen molar-refractivity contribution in [3.05, 3.63) is 68.4 Å². The predicted octanol–water partition coefficient (Wildman–Crippen LogP) is 4.63. The molecule has 0 aromatic heterocycles. The molecule has 0 saturated heterocycles. The Hall–Kier alpha value is -0.710. The summed E-state index contributed by atoms with van der Waals surface area (Å²) in [6, 6.07) is 12.1. The van der Waals surface area contributed by atoms with Gasteiger partial charge in [-0.2, -0.15) is 0 Å². The Morgan fingerprint density at radius 2 is 1.78 bits per heavy atom. The minimum absolute atomic E-state index is 0.252. The molecule has 1 N–H and O–H groups in total. The van der Waals surface area contributed by atoms with Crippen LogP contribution in [0.5, 0.6) is 0 Å². The summed E-state index contributed by atoms with van der Waals surface area (Å²) in [4.78, 5) is 0. The van der Waals surface area contributed by atoms with Gasteiger partial charge in [0.25, 0.3) is 0 Å². The molecular formula is C14H11Br2FO. The van der Waals surface area contributed by atoms with Gasteiger partial charge in [-0.1, -0.05) is 44.0 Å². The summed E-state index contributed by atoms with van der Waals surface area (Å²) in [7, 11) is 0. The van der Waals surface area contributed by atoms with E-state index in [-0.39, 0.29) is 12.2 Å². The number of aliphatic hydroxyl groups is 1. The molecule has 2 rings (SSSR count). The van der Waals surface area contributed by atoms with E-state index in [0.717, 1.165) is 14.5 Å². The minimum Gasteiger partial charge on any atom is -0.388 e. The maximum Gasteiger partial charge on any atom is 0.126 e. The molecule has 0 radical (unpaired) electrons. The van der Waals surface area contributed by atoms with E-state index in [0.29, 0.717) is 5.56 Å². The first-order valence-corrected chi connectivity index (χ1v) is 7.02. The van der Waals surface area contributed by atoms with Crippen molar-refractivity contribution in [2.24, 2.45) is 0 Å². The molecule has 0 bridgehead atoms. The Kier molecular flexibility index (Phi) is 4.54. The summed E-state index contributed by atoms with van der Waals surface area (Å²) >= 11 is 6.65. The van der Waals surface area contributed by atoms with Crippen molar-refractivity contribution in [3.63, 3.8) is 0 Å². The van der Waals surface area contributed by atoms with Gasteiger partial charge >= 0.3 is 0 Å². The van der Waals surface area contributed by atoms with E-state index in [2.05, 4.69) is 31.9 Å². The topological polar surface area (TPSA) is 20.2 Å². The number of halogens is 3. The van der Waals surface area contributed by atoms with Gasteiger partial charge in [0.2, 0.25) is 0 Å². The molecule has 2 aromatic carbocycles. The highest BCUT2D eigenvalue weighted by atomic mass is 79.9. The highest BCUT2D eigenvalue weighted by Crippen LogP contribution is 2.24. The molecule has 0 fully saturated rings. The first kappa shape index (κ1) is 13.7. The van der Waals surface area contributed by atoms with E-state index in [9.17, 15) is 9.50 Å². The van der Waals surface area contributed by atoms with Crippen molar-refractivity contribution >= 4 is 31.9 Å². The summed E-state index contributed by atoms with van der Waals surface area (Å²) in [5.41, 5.74) is 1.26. The van der Waals surface area contributed by atoms with Crippen LogP contribution in [0.3, 0.4) is 0 Å². The van der Waals surface area contributed by atoms with Crippen LogP contribution in [0.1, 0.15) is 17.2 Å². The first-order chi connectivity index (χ1) is 8.56. The molecule has 0 amide bonds. The lowest BCUT2D eigenvalue weighted by Gasteiger charge is -2.12. The average molecular weight is 374 g/mol. The van der Waals surface area contributed by atoms with E-state index >= 15 is 0 Å². The zero-order chi connectivity index (χ0) is 13.1. The summed E-state index contributed by atoms with van der Waals surface area (Å²) in [5.74, 6) is -0.299. The van der Waals surface area contributed by atoms with Crippen LogP contribution < -0.4 is 0 Å². The Labute approximate surface area is 122 Å². The normalized spacial score (nSPS) is 12.4. The molecule has 0 aliphatic carbocycles. The van der Waals surface area contributed by atoms with Crippen LogP contribution in [-0.2, 0) is 6.42 Å². The van der Waals surface area contributed by atoms with Gasteiger partial charge in [0.05, 0.1) is 6.10 Å². The van der Waals surface area contributed by atoms with Gasteiger partial charge in [-0.15, -0.1) is 0 Å². The van der Waals surface area contributed by atoms with Crippen LogP contribution in [0.25, 0.3) is 0 Å². The molecule has 94 valence electrons. The van der Waals surface area contributed by atoms with Crippen LogP contribution in [-0.4, -0.2) is 5.11 Å². The fourth-order valence-corrected chi connectivity index (χ4v) is 2.57. The molecule has 2 aromatic rings. The fourth-order valence-electron chi connectivity index (χ4n) is 1.74. The molecule has 0 heterocycles. The third-order valence-corrected chi connectivity index (χ3v) is 3.64. The van der Waals surface area contributed by atoms with Crippen LogP contribution in [0.4, 0.5) is 4.39 Å². The van der Waals surface area contributed by atoms with E-state index in [1.807, 2.05) is 24.3 Å². The summed E-state index contributed by atoms with van der Waals surface area (Å²) in [5, 5.41) is 10.1. The first-order valence-electron chi connectivity index (χ1n) is 5.44. The Balaban J connectivity index is 2.21. The lowest BCUT2D eigenvalue weighted by Crippen LogP contribution is -2.03. The average Bonchev–Trinajstić information content (AvgIpc) is 2.34. The quantitative estimate of drug-likeness (QED) is 0.831. The van der Waals surface area contributed by atoms with Gasteiger partial charge in [-0.05, 0) is 41.5 Å². The maximum absolute atomic E-state index is 13.6. The highest BCUT2D eigenvalue weighted by Gasteiger charge is 2.12. The smallest absolute Gasteiger partial charge is 0.126 e. The van der Waals surface area contributed by atoms with Gasteiger partial charge in [0, 0.05) is 15.4 Å². The van der Waals surface area contributed by atoms with Gasteiger partial charge in [-0.25, -0.2) is 4.39 Å². The van der Waals surface area contributed by atoms with Gasteiger partial charge in [0.1, 0.15) is 5.82 Å². The van der Waals surface area contributed by atoms with Crippen molar-refractivity contribution in [2.75, 3.05) is 0 Å². The largest absolute Gasteiger partial charge is 0.388 e. The zero-order valence-electron chi connectivity index (χ0n) is 9.41. The summed E-state index contributed by atoms with van der Waals surface area (Å²) in [6.45, 7) is 0. The standard InChI is InChI=1S/C14H11Br2FO/c15-11-3-1-2-9(6-11)14(18)8-10-7-12(16)4-5-13(10)17/h1-7,14,18H,8H2. The Bertz CT molecular complexity index is 557. The lowest BCUT2D eigenvalue weighted by molar-refractivity contribution is 0.177. The molecule has 0 aliphatic rings. The van der Waals surface area contributed by atoms with Gasteiger partial charge in [-0.3, -0.25) is 0 Å². The van der Waals surface area contributed by atoms with Gasteiger partial charge < -0.3 is 5.11 Å². The van der Waals surface area contributed by atoms with Crippen LogP contribution in [0, 0.1) is 5.82 Å². The summed E-state index contributed by atoms with van der Waals surface area (Å²) in [6.07, 6.45) is -0.465. The number of hydrogen-bond donors (Lipinski definition) is 1. The van der Waals surface area contributed by atoms with Crippen LogP contribution in [0.15, 0.2) is 51.4 Å². The fraction of sp³-hybridized carbons (Fsp3) is 0.143. The molecule has 1 nitrogen and oxygen atoms in total. The molecule has 1 atom stereocenters.